The predicted molar refractivity (Wildman–Crippen MR) is 70.6 cm³/mol. The van der Waals surface area contributed by atoms with Gasteiger partial charge in [-0.15, -0.1) is 11.3 Å². The average molecular weight is 271 g/mol. The highest BCUT2D eigenvalue weighted by molar-refractivity contribution is 7.11. The average Bonchev–Trinajstić information content (AvgIpc) is 2.67. The van der Waals surface area contributed by atoms with Gasteiger partial charge < -0.3 is 0 Å². The summed E-state index contributed by atoms with van der Waals surface area (Å²) in [5.41, 5.74) is 0.460. The Labute approximate surface area is 107 Å². The van der Waals surface area contributed by atoms with E-state index in [1.807, 2.05) is 41.5 Å². The fourth-order valence-electron chi connectivity index (χ4n) is 0.594. The van der Waals surface area contributed by atoms with Crippen LogP contribution < -0.4 is 0 Å². The molecule has 0 fully saturated rings. The summed E-state index contributed by atoms with van der Waals surface area (Å²) in [6, 6.07) is 0. The first kappa shape index (κ1) is 21.7. The number of hydrogen-bond donors (Lipinski definition) is 0. The fourth-order valence-corrected chi connectivity index (χ4v) is 1.38. The van der Waals surface area contributed by atoms with Crippen LogP contribution >= 0.6 is 11.3 Å². The van der Waals surface area contributed by atoms with Crippen LogP contribution in [0.2, 0.25) is 0 Å². The van der Waals surface area contributed by atoms with Crippen LogP contribution in [0.15, 0.2) is 0 Å². The van der Waals surface area contributed by atoms with E-state index in [4.69, 9.17) is 0 Å². The molecular weight excluding hydrogens is 247 g/mol. The number of aryl methyl sites for hydroxylation is 2. The van der Waals surface area contributed by atoms with Crippen LogP contribution in [-0.4, -0.2) is 4.98 Å². The summed E-state index contributed by atoms with van der Waals surface area (Å²) in [6.45, 7) is 15.2. The lowest BCUT2D eigenvalue weighted by atomic mass is 10.4. The maximum atomic E-state index is 11.9. The molecule has 0 unspecified atom stereocenters. The van der Waals surface area contributed by atoms with Crippen molar-refractivity contribution < 1.29 is 13.2 Å². The van der Waals surface area contributed by atoms with Crippen molar-refractivity contribution in [2.45, 2.75) is 61.6 Å². The Morgan fingerprint density at radius 1 is 0.882 bits per heavy atom. The number of thiazole rings is 1. The third-order valence-electron chi connectivity index (χ3n) is 1.27. The highest BCUT2D eigenvalue weighted by Gasteiger charge is 2.34. The van der Waals surface area contributed by atoms with Crippen molar-refractivity contribution in [2.75, 3.05) is 0 Å². The van der Waals surface area contributed by atoms with Crippen LogP contribution in [0, 0.1) is 13.8 Å². The molecule has 1 aromatic rings. The third-order valence-corrected chi connectivity index (χ3v) is 2.39. The standard InChI is InChI=1S/C6H6F3NS.3C2H6/c1-3-4(2)11-5(10-3)6(7,8)9;3*1-2/h1-2H3;3*1-2H3. The molecule has 0 spiro atoms. The molecule has 0 saturated heterocycles. The third kappa shape index (κ3) is 9.15. The predicted octanol–water partition coefficient (Wildman–Crippen LogP) is 5.86. The van der Waals surface area contributed by atoms with E-state index in [0.717, 1.165) is 0 Å². The molecule has 0 atom stereocenters. The molecule has 1 heterocycles. The second-order valence-electron chi connectivity index (χ2n) is 2.16. The minimum atomic E-state index is -4.29. The molecule has 5 heteroatoms. The Morgan fingerprint density at radius 2 is 1.24 bits per heavy atom. The van der Waals surface area contributed by atoms with Crippen molar-refractivity contribution >= 4 is 11.3 Å². The molecule has 1 rings (SSSR count). The molecule has 1 nitrogen and oxygen atoms in total. The van der Waals surface area contributed by atoms with Gasteiger partial charge in [0.25, 0.3) is 0 Å². The van der Waals surface area contributed by atoms with Crippen molar-refractivity contribution in [3.8, 4) is 0 Å². The fraction of sp³-hybridized carbons (Fsp3) is 0.750. The maximum Gasteiger partial charge on any atom is 0.443 e. The quantitative estimate of drug-likeness (QED) is 0.576. The SMILES string of the molecule is CC.CC.CC.Cc1nc(C(F)(F)F)sc1C. The summed E-state index contributed by atoms with van der Waals surface area (Å²) >= 11 is 0.685. The molecule has 0 bridgehead atoms. The van der Waals surface area contributed by atoms with Crippen molar-refractivity contribution in [3.05, 3.63) is 15.6 Å². The Balaban J connectivity index is -0.000000285. The van der Waals surface area contributed by atoms with Gasteiger partial charge in [-0.25, -0.2) is 4.98 Å². The summed E-state index contributed by atoms with van der Waals surface area (Å²) in [6.07, 6.45) is -4.29. The van der Waals surface area contributed by atoms with Gasteiger partial charge >= 0.3 is 6.18 Å². The number of nitrogens with zero attached hydrogens (tertiary/aromatic N) is 1. The van der Waals surface area contributed by atoms with Gasteiger partial charge in [-0.2, -0.15) is 13.2 Å². The number of alkyl halides is 3. The molecule has 1 aromatic heterocycles. The van der Waals surface area contributed by atoms with Crippen LogP contribution in [0.5, 0.6) is 0 Å². The number of rotatable bonds is 0. The molecule has 0 amide bonds. The molecular formula is C12H24F3NS. The van der Waals surface area contributed by atoms with E-state index in [1.54, 1.807) is 13.8 Å². The van der Waals surface area contributed by atoms with E-state index in [9.17, 15) is 13.2 Å². The van der Waals surface area contributed by atoms with Gasteiger partial charge in [-0.05, 0) is 13.8 Å². The van der Waals surface area contributed by atoms with Crippen LogP contribution in [0.4, 0.5) is 13.2 Å². The lowest BCUT2D eigenvalue weighted by Gasteiger charge is -1.98. The van der Waals surface area contributed by atoms with E-state index in [-0.39, 0.29) is 0 Å². The molecule has 0 aliphatic heterocycles. The Kier molecular flexibility index (Phi) is 15.2. The molecule has 0 aliphatic carbocycles. The maximum absolute atomic E-state index is 11.9. The number of hydrogen-bond acceptors (Lipinski definition) is 2. The minimum absolute atomic E-state index is 0.460. The molecule has 17 heavy (non-hydrogen) atoms. The van der Waals surface area contributed by atoms with Gasteiger partial charge in [-0.1, -0.05) is 41.5 Å². The van der Waals surface area contributed by atoms with Crippen molar-refractivity contribution in [1.29, 1.82) is 0 Å². The van der Waals surface area contributed by atoms with Crippen LogP contribution in [0.25, 0.3) is 0 Å². The van der Waals surface area contributed by atoms with E-state index >= 15 is 0 Å². The zero-order chi connectivity index (χ0) is 14.6. The summed E-state index contributed by atoms with van der Waals surface area (Å²) in [5, 5.41) is -0.757. The molecule has 0 radical (unpaired) electrons. The Morgan fingerprint density at radius 3 is 1.35 bits per heavy atom. The first-order chi connectivity index (χ1) is 7.91. The minimum Gasteiger partial charge on any atom is -0.237 e. The van der Waals surface area contributed by atoms with Gasteiger partial charge in [0.2, 0.25) is 0 Å². The smallest absolute Gasteiger partial charge is 0.237 e. The summed E-state index contributed by atoms with van der Waals surface area (Å²) in [7, 11) is 0. The normalized spacial score (nSPS) is 8.88. The topological polar surface area (TPSA) is 12.9 Å². The van der Waals surface area contributed by atoms with E-state index < -0.39 is 11.2 Å². The molecule has 0 aromatic carbocycles. The molecule has 0 aliphatic rings. The second kappa shape index (κ2) is 11.9. The zero-order valence-corrected chi connectivity index (χ0v) is 12.8. The lowest BCUT2D eigenvalue weighted by molar-refractivity contribution is -0.137. The Bertz CT molecular complexity index is 248. The first-order valence-electron chi connectivity index (χ1n) is 5.92. The molecule has 0 saturated carbocycles. The van der Waals surface area contributed by atoms with E-state index in [2.05, 4.69) is 4.98 Å². The van der Waals surface area contributed by atoms with Crippen molar-refractivity contribution in [1.82, 2.24) is 4.98 Å². The largest absolute Gasteiger partial charge is 0.443 e. The first-order valence-corrected chi connectivity index (χ1v) is 6.74. The van der Waals surface area contributed by atoms with Crippen LogP contribution in [-0.2, 0) is 6.18 Å². The van der Waals surface area contributed by atoms with Crippen molar-refractivity contribution in [2.24, 2.45) is 0 Å². The molecule has 0 N–H and O–H groups in total. The lowest BCUT2D eigenvalue weighted by Crippen LogP contribution is -2.03. The zero-order valence-electron chi connectivity index (χ0n) is 12.0. The van der Waals surface area contributed by atoms with Gasteiger partial charge in [0.05, 0.1) is 5.69 Å². The second-order valence-corrected chi connectivity index (χ2v) is 3.36. The highest BCUT2D eigenvalue weighted by Crippen LogP contribution is 2.33. The van der Waals surface area contributed by atoms with Gasteiger partial charge in [-0.3, -0.25) is 0 Å². The van der Waals surface area contributed by atoms with Gasteiger partial charge in [0, 0.05) is 4.88 Å². The van der Waals surface area contributed by atoms with Crippen LogP contribution in [0.3, 0.4) is 0 Å². The van der Waals surface area contributed by atoms with E-state index in [1.165, 1.54) is 0 Å². The highest BCUT2D eigenvalue weighted by atomic mass is 32.1. The van der Waals surface area contributed by atoms with Gasteiger partial charge in [0.15, 0.2) is 5.01 Å². The summed E-state index contributed by atoms with van der Waals surface area (Å²) in [4.78, 5) is 4.00. The Hall–Kier alpha value is -0.580. The summed E-state index contributed by atoms with van der Waals surface area (Å²) < 4.78 is 35.8. The van der Waals surface area contributed by atoms with E-state index in [0.29, 0.717) is 21.9 Å². The molecule has 104 valence electrons. The number of halogens is 3. The monoisotopic (exact) mass is 271 g/mol. The van der Waals surface area contributed by atoms with Crippen LogP contribution in [0.1, 0.15) is 57.1 Å². The van der Waals surface area contributed by atoms with Gasteiger partial charge in [0.1, 0.15) is 0 Å². The number of aromatic nitrogens is 1. The summed E-state index contributed by atoms with van der Waals surface area (Å²) in [5.74, 6) is 0. The van der Waals surface area contributed by atoms with Crippen molar-refractivity contribution in [3.63, 3.8) is 0 Å².